The third-order valence-corrected chi connectivity index (χ3v) is 3.23. The molecule has 0 bridgehead atoms. The Labute approximate surface area is 120 Å². The highest BCUT2D eigenvalue weighted by molar-refractivity contribution is 5.74. The number of likely N-dealkylation sites (N-methyl/N-ethyl adjacent to an activating group) is 1. The highest BCUT2D eigenvalue weighted by Gasteiger charge is 2.17. The van der Waals surface area contributed by atoms with Gasteiger partial charge in [0.05, 0.1) is 19.8 Å². The number of benzene rings is 1. The number of aliphatic hydroxyl groups excluding tert-OH is 1. The van der Waals surface area contributed by atoms with Crippen LogP contribution in [0.15, 0.2) is 18.2 Å². The van der Waals surface area contributed by atoms with Crippen LogP contribution in [0.4, 0.5) is 4.79 Å². The van der Waals surface area contributed by atoms with E-state index in [-0.39, 0.29) is 18.7 Å². The number of urea groups is 1. The maximum atomic E-state index is 12.1. The van der Waals surface area contributed by atoms with Gasteiger partial charge in [0.25, 0.3) is 0 Å². The number of rotatable bonds is 6. The van der Waals surface area contributed by atoms with Crippen LogP contribution in [-0.4, -0.2) is 42.8 Å². The van der Waals surface area contributed by atoms with E-state index < -0.39 is 0 Å². The average Bonchev–Trinajstić information content (AvgIpc) is 2.44. The summed E-state index contributed by atoms with van der Waals surface area (Å²) < 4.78 is 5.33. The van der Waals surface area contributed by atoms with Crippen molar-refractivity contribution in [1.82, 2.24) is 10.2 Å². The third kappa shape index (κ3) is 4.13. The summed E-state index contributed by atoms with van der Waals surface area (Å²) in [6.45, 7) is 6.66. The van der Waals surface area contributed by atoms with Gasteiger partial charge in [0.1, 0.15) is 5.75 Å². The first kappa shape index (κ1) is 16.3. The second kappa shape index (κ2) is 7.75. The number of nitrogens with one attached hydrogen (secondary N) is 1. The Morgan fingerprint density at radius 1 is 1.50 bits per heavy atom. The average molecular weight is 280 g/mol. The van der Waals surface area contributed by atoms with Crippen molar-refractivity contribution >= 4 is 6.03 Å². The number of methoxy groups -OCH3 is 1. The largest absolute Gasteiger partial charge is 0.496 e. The van der Waals surface area contributed by atoms with E-state index in [2.05, 4.69) is 5.32 Å². The molecule has 2 amide bonds. The van der Waals surface area contributed by atoms with Crippen molar-refractivity contribution in [3.8, 4) is 5.75 Å². The van der Waals surface area contributed by atoms with E-state index in [1.165, 1.54) is 0 Å². The summed E-state index contributed by atoms with van der Waals surface area (Å²) in [6.07, 6.45) is 0. The van der Waals surface area contributed by atoms with Gasteiger partial charge in [0.2, 0.25) is 0 Å². The summed E-state index contributed by atoms with van der Waals surface area (Å²) in [5, 5.41) is 11.9. The van der Waals surface area contributed by atoms with Crippen LogP contribution in [0, 0.1) is 6.92 Å². The first-order valence-corrected chi connectivity index (χ1v) is 6.84. The van der Waals surface area contributed by atoms with Gasteiger partial charge >= 0.3 is 6.03 Å². The molecule has 0 fully saturated rings. The summed E-state index contributed by atoms with van der Waals surface area (Å²) >= 11 is 0. The molecule has 1 aromatic rings. The molecule has 0 radical (unpaired) electrons. The lowest BCUT2D eigenvalue weighted by Crippen LogP contribution is -2.42. The van der Waals surface area contributed by atoms with Gasteiger partial charge in [-0.15, -0.1) is 0 Å². The summed E-state index contributed by atoms with van der Waals surface area (Å²) in [4.78, 5) is 13.7. The van der Waals surface area contributed by atoms with Crippen molar-refractivity contribution in [3.63, 3.8) is 0 Å². The molecule has 0 saturated heterocycles. The number of ether oxygens (including phenoxy) is 1. The highest BCUT2D eigenvalue weighted by Crippen LogP contribution is 2.26. The second-order valence-corrected chi connectivity index (χ2v) is 4.72. The summed E-state index contributed by atoms with van der Waals surface area (Å²) in [5.74, 6) is 0.758. The lowest BCUT2D eigenvalue weighted by atomic mass is 10.0. The lowest BCUT2D eigenvalue weighted by molar-refractivity contribution is 0.177. The standard InChI is InChI=1S/C15H24N2O3/c1-5-17(8-9-18)15(19)16-12(3)13-10-11(2)6-7-14(13)20-4/h6-7,10,12,18H,5,8-9H2,1-4H3,(H,16,19). The number of aryl methyl sites for hydroxylation is 1. The lowest BCUT2D eigenvalue weighted by Gasteiger charge is -2.24. The van der Waals surface area contributed by atoms with Gasteiger partial charge in [-0.3, -0.25) is 0 Å². The van der Waals surface area contributed by atoms with Gasteiger partial charge in [-0.1, -0.05) is 17.7 Å². The van der Waals surface area contributed by atoms with Gasteiger partial charge in [0.15, 0.2) is 0 Å². The number of hydrogen-bond donors (Lipinski definition) is 2. The normalized spacial score (nSPS) is 11.8. The molecule has 0 aromatic heterocycles. The van der Waals surface area contributed by atoms with Gasteiger partial charge in [0, 0.05) is 18.7 Å². The predicted octanol–water partition coefficient (Wildman–Crippen LogP) is 2.09. The number of nitrogens with zero attached hydrogens (tertiary/aromatic N) is 1. The molecule has 2 N–H and O–H groups in total. The summed E-state index contributed by atoms with van der Waals surface area (Å²) in [7, 11) is 1.62. The molecule has 0 heterocycles. The van der Waals surface area contributed by atoms with Crippen LogP contribution < -0.4 is 10.1 Å². The monoisotopic (exact) mass is 280 g/mol. The second-order valence-electron chi connectivity index (χ2n) is 4.72. The predicted molar refractivity (Wildman–Crippen MR) is 79.0 cm³/mol. The third-order valence-electron chi connectivity index (χ3n) is 3.23. The fourth-order valence-corrected chi connectivity index (χ4v) is 2.07. The number of hydrogen-bond acceptors (Lipinski definition) is 3. The van der Waals surface area contributed by atoms with Crippen LogP contribution in [0.3, 0.4) is 0 Å². The molecule has 112 valence electrons. The van der Waals surface area contributed by atoms with E-state index in [1.807, 2.05) is 39.0 Å². The van der Waals surface area contributed by atoms with Crippen LogP contribution in [0.1, 0.15) is 31.0 Å². The minimum Gasteiger partial charge on any atom is -0.496 e. The molecule has 1 aromatic carbocycles. The Kier molecular flexibility index (Phi) is 6.31. The minimum absolute atomic E-state index is 0.0383. The van der Waals surface area contributed by atoms with Crippen molar-refractivity contribution in [2.45, 2.75) is 26.8 Å². The molecule has 20 heavy (non-hydrogen) atoms. The number of carbonyl (C=O) groups is 1. The SMILES string of the molecule is CCN(CCO)C(=O)NC(C)c1cc(C)ccc1OC. The van der Waals surface area contributed by atoms with Crippen LogP contribution in [0.25, 0.3) is 0 Å². The van der Waals surface area contributed by atoms with Crippen molar-refractivity contribution in [2.24, 2.45) is 0 Å². The molecular weight excluding hydrogens is 256 g/mol. The Morgan fingerprint density at radius 3 is 2.75 bits per heavy atom. The Balaban J connectivity index is 2.82. The number of aliphatic hydroxyl groups is 1. The minimum atomic E-state index is -0.183. The molecule has 1 rings (SSSR count). The van der Waals surface area contributed by atoms with E-state index in [0.717, 1.165) is 16.9 Å². The quantitative estimate of drug-likeness (QED) is 0.838. The number of carbonyl (C=O) groups excluding carboxylic acids is 1. The highest BCUT2D eigenvalue weighted by atomic mass is 16.5. The van der Waals surface area contributed by atoms with E-state index >= 15 is 0 Å². The molecule has 1 unspecified atom stereocenters. The molecule has 0 spiro atoms. The van der Waals surface area contributed by atoms with Gasteiger partial charge < -0.3 is 20.1 Å². The zero-order valence-corrected chi connectivity index (χ0v) is 12.6. The fraction of sp³-hybridized carbons (Fsp3) is 0.533. The van der Waals surface area contributed by atoms with E-state index in [1.54, 1.807) is 12.0 Å². The Hall–Kier alpha value is -1.75. The van der Waals surface area contributed by atoms with Gasteiger partial charge in [-0.05, 0) is 26.8 Å². The van der Waals surface area contributed by atoms with Crippen LogP contribution in [0.2, 0.25) is 0 Å². The topological polar surface area (TPSA) is 61.8 Å². The molecule has 0 aliphatic heterocycles. The molecule has 0 aliphatic carbocycles. The van der Waals surface area contributed by atoms with Crippen molar-refractivity contribution in [2.75, 3.05) is 26.8 Å². The van der Waals surface area contributed by atoms with Crippen molar-refractivity contribution < 1.29 is 14.6 Å². The first-order valence-electron chi connectivity index (χ1n) is 6.84. The zero-order chi connectivity index (χ0) is 15.1. The Morgan fingerprint density at radius 2 is 2.20 bits per heavy atom. The maximum Gasteiger partial charge on any atom is 0.317 e. The van der Waals surface area contributed by atoms with E-state index in [4.69, 9.17) is 9.84 Å². The molecule has 5 heteroatoms. The summed E-state index contributed by atoms with van der Waals surface area (Å²) in [5.41, 5.74) is 2.06. The molecule has 0 aliphatic rings. The molecular formula is C15H24N2O3. The fourth-order valence-electron chi connectivity index (χ4n) is 2.07. The van der Waals surface area contributed by atoms with Gasteiger partial charge in [-0.25, -0.2) is 4.79 Å². The number of amides is 2. The van der Waals surface area contributed by atoms with Gasteiger partial charge in [-0.2, -0.15) is 0 Å². The van der Waals surface area contributed by atoms with Crippen LogP contribution >= 0.6 is 0 Å². The first-order chi connectivity index (χ1) is 9.53. The molecule has 0 saturated carbocycles. The van der Waals surface area contributed by atoms with E-state index in [9.17, 15) is 4.79 Å². The summed E-state index contributed by atoms with van der Waals surface area (Å²) in [6, 6.07) is 5.54. The maximum absolute atomic E-state index is 12.1. The molecule has 5 nitrogen and oxygen atoms in total. The molecule has 1 atom stereocenters. The van der Waals surface area contributed by atoms with E-state index in [0.29, 0.717) is 13.1 Å². The Bertz CT molecular complexity index is 449. The van der Waals surface area contributed by atoms with Crippen molar-refractivity contribution in [3.05, 3.63) is 29.3 Å². The van der Waals surface area contributed by atoms with Crippen LogP contribution in [-0.2, 0) is 0 Å². The van der Waals surface area contributed by atoms with Crippen LogP contribution in [0.5, 0.6) is 5.75 Å². The smallest absolute Gasteiger partial charge is 0.317 e. The zero-order valence-electron chi connectivity index (χ0n) is 12.6. The van der Waals surface area contributed by atoms with Crippen molar-refractivity contribution in [1.29, 1.82) is 0 Å².